The lowest BCUT2D eigenvalue weighted by molar-refractivity contribution is 0.380. The summed E-state index contributed by atoms with van der Waals surface area (Å²) in [6, 6.07) is 4.43. The minimum absolute atomic E-state index is 0.224. The number of hydrogen-bond donors (Lipinski definition) is 0. The normalized spacial score (nSPS) is 17.5. The van der Waals surface area contributed by atoms with Crippen molar-refractivity contribution in [1.82, 2.24) is 14.8 Å². The van der Waals surface area contributed by atoms with Crippen molar-refractivity contribution in [3.63, 3.8) is 0 Å². The summed E-state index contributed by atoms with van der Waals surface area (Å²) in [5, 5.41) is 0. The second-order valence-electron chi connectivity index (χ2n) is 5.52. The van der Waals surface area contributed by atoms with Crippen molar-refractivity contribution in [2.45, 2.75) is 26.8 Å². The van der Waals surface area contributed by atoms with Crippen LogP contribution in [0.4, 0.5) is 0 Å². The molecule has 0 bridgehead atoms. The Balaban J connectivity index is 0.00000116. The summed E-state index contributed by atoms with van der Waals surface area (Å²) < 4.78 is 0. The lowest BCUT2D eigenvalue weighted by Gasteiger charge is -2.27. The van der Waals surface area contributed by atoms with Crippen molar-refractivity contribution >= 4 is 6.08 Å². The highest BCUT2D eigenvalue weighted by atomic mass is 15.1. The van der Waals surface area contributed by atoms with Gasteiger partial charge in [0, 0.05) is 19.8 Å². The number of nitrogens with zero attached hydrogens (tertiary/aromatic N) is 3. The van der Waals surface area contributed by atoms with Gasteiger partial charge >= 0.3 is 0 Å². The smallest absolute Gasteiger partial charge is 0.0894 e. The lowest BCUT2D eigenvalue weighted by Crippen LogP contribution is -2.20. The molecule has 1 aromatic rings. The minimum atomic E-state index is 0.224. The molecule has 1 aliphatic heterocycles. The molecule has 0 spiro atoms. The van der Waals surface area contributed by atoms with Crippen LogP contribution in [0.5, 0.6) is 0 Å². The van der Waals surface area contributed by atoms with E-state index in [0.29, 0.717) is 0 Å². The Hall–Kier alpha value is -1.87. The fraction of sp³-hybridized carbons (Fsp3) is 0.421. The first-order valence-corrected chi connectivity index (χ1v) is 7.92. The summed E-state index contributed by atoms with van der Waals surface area (Å²) in [5.41, 5.74) is 3.57. The number of rotatable bonds is 4. The fourth-order valence-electron chi connectivity index (χ4n) is 2.17. The number of allylic oxidation sites excluding steroid dienone is 2. The van der Waals surface area contributed by atoms with Crippen LogP contribution < -0.4 is 0 Å². The topological polar surface area (TPSA) is 19.4 Å². The van der Waals surface area contributed by atoms with E-state index < -0.39 is 0 Å². The van der Waals surface area contributed by atoms with E-state index in [1.165, 1.54) is 11.1 Å². The molecule has 0 aromatic carbocycles. The Bertz CT molecular complexity index is 541. The van der Waals surface area contributed by atoms with Gasteiger partial charge in [0.2, 0.25) is 0 Å². The molecule has 2 heterocycles. The zero-order valence-corrected chi connectivity index (χ0v) is 14.7. The van der Waals surface area contributed by atoms with Crippen LogP contribution in [0, 0.1) is 0 Å². The van der Waals surface area contributed by atoms with E-state index in [1.54, 1.807) is 0 Å². The lowest BCUT2D eigenvalue weighted by atomic mass is 10.0. The molecule has 0 aliphatic carbocycles. The van der Waals surface area contributed by atoms with Gasteiger partial charge in [0.25, 0.3) is 0 Å². The Morgan fingerprint density at radius 2 is 2.05 bits per heavy atom. The van der Waals surface area contributed by atoms with Crippen LogP contribution >= 0.6 is 0 Å². The highest BCUT2D eigenvalue weighted by Crippen LogP contribution is 2.25. The largest absolute Gasteiger partial charge is 0.368 e. The first-order valence-electron chi connectivity index (χ1n) is 7.92. The summed E-state index contributed by atoms with van der Waals surface area (Å²) >= 11 is 0. The summed E-state index contributed by atoms with van der Waals surface area (Å²) in [6.07, 6.45) is 12.7. The van der Waals surface area contributed by atoms with Crippen molar-refractivity contribution in [3.8, 4) is 0 Å². The standard InChI is InChI=1S/C17H23N3.C2H6/c1-14-8-11-20(4)17(12-14)16-13-15(7-9-18-16)6-5-10-19(2)3;1-2/h5-9,11-13,17H,10H2,1-4H3;1-2H3/b6-5+;. The number of pyridine rings is 1. The van der Waals surface area contributed by atoms with Gasteiger partial charge in [-0.15, -0.1) is 0 Å². The Morgan fingerprint density at radius 1 is 1.32 bits per heavy atom. The minimum Gasteiger partial charge on any atom is -0.368 e. The first kappa shape index (κ1) is 18.2. The summed E-state index contributed by atoms with van der Waals surface area (Å²) in [7, 11) is 6.22. The van der Waals surface area contributed by atoms with Gasteiger partial charge in [-0.05, 0) is 51.0 Å². The fourth-order valence-corrected chi connectivity index (χ4v) is 2.17. The Morgan fingerprint density at radius 3 is 2.73 bits per heavy atom. The molecule has 1 atom stereocenters. The predicted molar refractivity (Wildman–Crippen MR) is 96.6 cm³/mol. The number of hydrogen-bond acceptors (Lipinski definition) is 3. The molecule has 22 heavy (non-hydrogen) atoms. The maximum Gasteiger partial charge on any atom is 0.0894 e. The zero-order chi connectivity index (χ0) is 16.5. The molecule has 0 amide bonds. The van der Waals surface area contributed by atoms with Crippen molar-refractivity contribution in [2.75, 3.05) is 27.7 Å². The summed E-state index contributed by atoms with van der Waals surface area (Å²) in [5.74, 6) is 0. The van der Waals surface area contributed by atoms with Gasteiger partial charge in [-0.25, -0.2) is 0 Å². The van der Waals surface area contributed by atoms with Gasteiger partial charge in [-0.3, -0.25) is 4.98 Å². The summed E-state index contributed by atoms with van der Waals surface area (Å²) in [6.45, 7) is 7.07. The van der Waals surface area contributed by atoms with Crippen molar-refractivity contribution in [2.24, 2.45) is 0 Å². The second kappa shape index (κ2) is 9.21. The molecule has 1 unspecified atom stereocenters. The van der Waals surface area contributed by atoms with Crippen molar-refractivity contribution < 1.29 is 0 Å². The Labute approximate surface area is 135 Å². The molecule has 0 N–H and O–H groups in total. The van der Waals surface area contributed by atoms with Crippen LogP contribution in [0.1, 0.15) is 38.1 Å². The predicted octanol–water partition coefficient (Wildman–Crippen LogP) is 4.13. The van der Waals surface area contributed by atoms with Gasteiger partial charge in [0.1, 0.15) is 0 Å². The zero-order valence-electron chi connectivity index (χ0n) is 14.7. The van der Waals surface area contributed by atoms with Crippen LogP contribution in [0.3, 0.4) is 0 Å². The van der Waals surface area contributed by atoms with Crippen molar-refractivity contribution in [3.05, 3.63) is 59.6 Å². The maximum absolute atomic E-state index is 4.53. The third-order valence-corrected chi connectivity index (χ3v) is 3.32. The van der Waals surface area contributed by atoms with Gasteiger partial charge in [0.05, 0.1) is 11.7 Å². The molecule has 0 saturated carbocycles. The summed E-state index contributed by atoms with van der Waals surface area (Å²) in [4.78, 5) is 8.85. The van der Waals surface area contributed by atoms with E-state index in [9.17, 15) is 0 Å². The van der Waals surface area contributed by atoms with E-state index in [-0.39, 0.29) is 6.04 Å². The highest BCUT2D eigenvalue weighted by Gasteiger charge is 2.16. The average molecular weight is 299 g/mol. The van der Waals surface area contributed by atoms with Crippen LogP contribution in [0.2, 0.25) is 0 Å². The highest BCUT2D eigenvalue weighted by molar-refractivity contribution is 5.50. The third-order valence-electron chi connectivity index (χ3n) is 3.32. The monoisotopic (exact) mass is 299 g/mol. The van der Waals surface area contributed by atoms with Crippen LogP contribution in [-0.4, -0.2) is 42.5 Å². The van der Waals surface area contributed by atoms with E-state index >= 15 is 0 Å². The van der Waals surface area contributed by atoms with Gasteiger partial charge in [-0.2, -0.15) is 0 Å². The van der Waals surface area contributed by atoms with E-state index in [0.717, 1.165) is 12.2 Å². The van der Waals surface area contributed by atoms with Gasteiger partial charge < -0.3 is 9.80 Å². The second-order valence-corrected chi connectivity index (χ2v) is 5.52. The van der Waals surface area contributed by atoms with E-state index in [4.69, 9.17) is 0 Å². The molecule has 0 saturated heterocycles. The quantitative estimate of drug-likeness (QED) is 0.833. The van der Waals surface area contributed by atoms with Gasteiger partial charge in [0.15, 0.2) is 0 Å². The molecule has 0 fully saturated rings. The number of likely N-dealkylation sites (N-methyl/N-ethyl adjacent to an activating group) is 2. The first-order chi connectivity index (χ1) is 10.6. The van der Waals surface area contributed by atoms with E-state index in [1.807, 2.05) is 26.1 Å². The van der Waals surface area contributed by atoms with Crippen LogP contribution in [-0.2, 0) is 0 Å². The van der Waals surface area contributed by atoms with Gasteiger partial charge in [-0.1, -0.05) is 37.6 Å². The SMILES string of the molecule is CC.CC1=CC(c2cc(/C=C/CN(C)C)ccn2)N(C)C=C1. The average Bonchev–Trinajstić information content (AvgIpc) is 2.52. The molecule has 1 aliphatic rings. The molecule has 120 valence electrons. The Kier molecular flexibility index (Phi) is 7.61. The van der Waals surface area contributed by atoms with E-state index in [2.05, 4.69) is 79.4 Å². The molecular weight excluding hydrogens is 270 g/mol. The third kappa shape index (κ3) is 5.49. The molecule has 3 nitrogen and oxygen atoms in total. The molecular formula is C19H29N3. The number of aromatic nitrogens is 1. The molecule has 0 radical (unpaired) electrons. The molecule has 2 rings (SSSR count). The van der Waals surface area contributed by atoms with Crippen LogP contribution in [0.25, 0.3) is 6.08 Å². The molecule has 1 aromatic heterocycles. The van der Waals surface area contributed by atoms with Crippen LogP contribution in [0.15, 0.2) is 48.3 Å². The molecule has 3 heteroatoms. The van der Waals surface area contributed by atoms with Crippen molar-refractivity contribution in [1.29, 1.82) is 0 Å². The maximum atomic E-state index is 4.53.